The van der Waals surface area contributed by atoms with E-state index in [1.54, 1.807) is 36.4 Å². The number of halogens is 1. The maximum Gasteiger partial charge on any atom is 0.251 e. The van der Waals surface area contributed by atoms with E-state index >= 15 is 0 Å². The third kappa shape index (κ3) is 6.41. The van der Waals surface area contributed by atoms with Gasteiger partial charge < -0.3 is 14.5 Å². The van der Waals surface area contributed by atoms with E-state index in [0.29, 0.717) is 23.6 Å². The lowest BCUT2D eigenvalue weighted by atomic mass is 10.1. The van der Waals surface area contributed by atoms with Crippen LogP contribution in [-0.2, 0) is 16.1 Å². The molecule has 0 saturated heterocycles. The second kappa shape index (κ2) is 11.2. The smallest absolute Gasteiger partial charge is 0.251 e. The molecule has 4 rings (SSSR count). The van der Waals surface area contributed by atoms with Crippen LogP contribution in [0.15, 0.2) is 71.3 Å². The van der Waals surface area contributed by atoms with Crippen LogP contribution in [0.4, 0.5) is 10.1 Å². The Bertz CT molecular complexity index is 1360. The standard InChI is InChI=1S/C27H29FN6O4/c1-5-37-21-14-12-20(13-15-21)34(24(22-7-6-16-38-22)26(36)29-27(2,3)4)23(35)17-33-31-25(30-32-33)18-8-10-19(28)11-9-18/h6-16,24H,5,17H2,1-4H3,(H,29,36)/t24-/m0/s1. The molecule has 1 atom stereocenters. The first-order chi connectivity index (χ1) is 18.1. The summed E-state index contributed by atoms with van der Waals surface area (Å²) in [6.45, 7) is 7.59. The van der Waals surface area contributed by atoms with Crippen molar-refractivity contribution in [1.29, 1.82) is 0 Å². The van der Waals surface area contributed by atoms with Crippen molar-refractivity contribution in [3.63, 3.8) is 0 Å². The summed E-state index contributed by atoms with van der Waals surface area (Å²) in [5.41, 5.74) is 0.432. The molecule has 1 N–H and O–H groups in total. The number of rotatable bonds is 9. The summed E-state index contributed by atoms with van der Waals surface area (Å²) in [5.74, 6) is -0.152. The van der Waals surface area contributed by atoms with Gasteiger partial charge in [0.05, 0.1) is 12.9 Å². The molecule has 4 aromatic rings. The van der Waals surface area contributed by atoms with Crippen LogP contribution in [0.3, 0.4) is 0 Å². The summed E-state index contributed by atoms with van der Waals surface area (Å²) < 4.78 is 24.4. The van der Waals surface area contributed by atoms with Gasteiger partial charge in [-0.25, -0.2) is 4.39 Å². The summed E-state index contributed by atoms with van der Waals surface area (Å²) in [4.78, 5) is 29.8. The highest BCUT2D eigenvalue weighted by Crippen LogP contribution is 2.31. The highest BCUT2D eigenvalue weighted by Gasteiger charge is 2.36. The summed E-state index contributed by atoms with van der Waals surface area (Å²) >= 11 is 0. The van der Waals surface area contributed by atoms with Crippen LogP contribution in [0.5, 0.6) is 5.75 Å². The quantitative estimate of drug-likeness (QED) is 0.352. The number of carbonyl (C=O) groups is 2. The van der Waals surface area contributed by atoms with E-state index in [0.717, 1.165) is 4.80 Å². The van der Waals surface area contributed by atoms with Crippen LogP contribution < -0.4 is 15.0 Å². The van der Waals surface area contributed by atoms with E-state index in [9.17, 15) is 14.0 Å². The van der Waals surface area contributed by atoms with Crippen LogP contribution >= 0.6 is 0 Å². The van der Waals surface area contributed by atoms with E-state index < -0.39 is 23.4 Å². The fourth-order valence-corrected chi connectivity index (χ4v) is 3.79. The number of furan rings is 1. The van der Waals surface area contributed by atoms with Gasteiger partial charge in [-0.1, -0.05) is 0 Å². The van der Waals surface area contributed by atoms with Crippen molar-refractivity contribution in [2.24, 2.45) is 0 Å². The molecule has 0 aliphatic heterocycles. The van der Waals surface area contributed by atoms with Gasteiger partial charge in [-0.05, 0) is 93.6 Å². The molecule has 0 aliphatic rings. The predicted octanol–water partition coefficient (Wildman–Crippen LogP) is 4.16. The van der Waals surface area contributed by atoms with Crippen molar-refractivity contribution < 1.29 is 23.1 Å². The molecule has 0 saturated carbocycles. The minimum absolute atomic E-state index is 0.235. The number of nitrogens with zero attached hydrogens (tertiary/aromatic N) is 5. The Morgan fingerprint density at radius 1 is 1.11 bits per heavy atom. The number of hydrogen-bond acceptors (Lipinski definition) is 7. The molecule has 0 fully saturated rings. The van der Waals surface area contributed by atoms with E-state index in [4.69, 9.17) is 9.15 Å². The average molecular weight is 521 g/mol. The zero-order valence-electron chi connectivity index (χ0n) is 21.6. The second-order valence-electron chi connectivity index (χ2n) is 9.50. The number of anilines is 1. The molecule has 38 heavy (non-hydrogen) atoms. The Kier molecular flexibility index (Phi) is 7.85. The monoisotopic (exact) mass is 520 g/mol. The van der Waals surface area contributed by atoms with Gasteiger partial charge in [0.15, 0.2) is 6.04 Å². The maximum atomic E-state index is 13.8. The number of carbonyl (C=O) groups excluding carboxylic acids is 2. The zero-order valence-corrected chi connectivity index (χ0v) is 21.6. The van der Waals surface area contributed by atoms with Gasteiger partial charge in [-0.3, -0.25) is 14.5 Å². The van der Waals surface area contributed by atoms with Crippen LogP contribution in [0.25, 0.3) is 11.4 Å². The van der Waals surface area contributed by atoms with Gasteiger partial charge in [0, 0.05) is 16.8 Å². The molecule has 0 bridgehead atoms. The molecule has 10 nitrogen and oxygen atoms in total. The third-order valence-corrected chi connectivity index (χ3v) is 5.34. The third-order valence-electron chi connectivity index (χ3n) is 5.34. The van der Waals surface area contributed by atoms with Crippen molar-refractivity contribution in [1.82, 2.24) is 25.5 Å². The molecule has 2 aromatic heterocycles. The molecule has 2 amide bonds. The lowest BCUT2D eigenvalue weighted by molar-refractivity contribution is -0.128. The predicted molar refractivity (Wildman–Crippen MR) is 138 cm³/mol. The van der Waals surface area contributed by atoms with Gasteiger partial charge >= 0.3 is 0 Å². The van der Waals surface area contributed by atoms with Gasteiger partial charge in [0.25, 0.3) is 11.8 Å². The summed E-state index contributed by atoms with van der Waals surface area (Å²) in [7, 11) is 0. The number of hydrogen-bond donors (Lipinski definition) is 1. The Balaban J connectivity index is 1.70. The lowest BCUT2D eigenvalue weighted by Crippen LogP contribution is -2.50. The molecule has 2 aromatic carbocycles. The molecule has 11 heteroatoms. The molecule has 0 radical (unpaired) electrons. The minimum Gasteiger partial charge on any atom is -0.494 e. The van der Waals surface area contributed by atoms with Gasteiger partial charge in [-0.15, -0.1) is 10.2 Å². The zero-order chi connectivity index (χ0) is 27.3. The van der Waals surface area contributed by atoms with Crippen molar-refractivity contribution in [3.8, 4) is 17.1 Å². The summed E-state index contributed by atoms with van der Waals surface area (Å²) in [6, 6.07) is 14.6. The number of aromatic nitrogens is 4. The van der Waals surface area contributed by atoms with Crippen LogP contribution in [0, 0.1) is 5.82 Å². The topological polar surface area (TPSA) is 115 Å². The fraction of sp³-hybridized carbons (Fsp3) is 0.296. The molecule has 0 unspecified atom stereocenters. The largest absolute Gasteiger partial charge is 0.494 e. The van der Waals surface area contributed by atoms with Gasteiger partial charge in [0.2, 0.25) is 5.82 Å². The summed E-state index contributed by atoms with van der Waals surface area (Å²) in [5, 5.41) is 15.2. The number of nitrogens with one attached hydrogen (secondary N) is 1. The first-order valence-electron chi connectivity index (χ1n) is 12.1. The van der Waals surface area contributed by atoms with Crippen LogP contribution in [0.1, 0.15) is 39.5 Å². The maximum absolute atomic E-state index is 13.8. The number of tetrazole rings is 1. The number of ether oxygens (including phenoxy) is 1. The average Bonchev–Trinajstić information content (AvgIpc) is 3.55. The fourth-order valence-electron chi connectivity index (χ4n) is 3.79. The van der Waals surface area contributed by atoms with Gasteiger partial charge in [0.1, 0.15) is 23.9 Å². The van der Waals surface area contributed by atoms with Crippen LogP contribution in [-0.4, -0.2) is 44.2 Å². The number of amides is 2. The SMILES string of the molecule is CCOc1ccc(N(C(=O)Cn2nnc(-c3ccc(F)cc3)n2)[C@H](C(=O)NC(C)(C)C)c2ccco2)cc1. The first kappa shape index (κ1) is 26.5. The molecular formula is C27H29FN6O4. The Labute approximate surface area is 219 Å². The van der Waals surface area contributed by atoms with E-state index in [1.807, 2.05) is 27.7 Å². The van der Waals surface area contributed by atoms with Crippen molar-refractivity contribution >= 4 is 17.5 Å². The molecule has 198 valence electrons. The first-order valence-corrected chi connectivity index (χ1v) is 12.1. The van der Waals surface area contributed by atoms with E-state index in [-0.39, 0.29) is 23.9 Å². The van der Waals surface area contributed by atoms with E-state index in [2.05, 4.69) is 20.7 Å². The lowest BCUT2D eigenvalue weighted by Gasteiger charge is -2.32. The molecule has 0 aliphatic carbocycles. The van der Waals surface area contributed by atoms with Crippen molar-refractivity contribution in [2.45, 2.75) is 45.8 Å². The number of benzene rings is 2. The minimum atomic E-state index is -1.12. The highest BCUT2D eigenvalue weighted by atomic mass is 19.1. The van der Waals surface area contributed by atoms with E-state index in [1.165, 1.54) is 35.4 Å². The molecule has 2 heterocycles. The van der Waals surface area contributed by atoms with Gasteiger partial charge in [-0.2, -0.15) is 4.80 Å². The highest BCUT2D eigenvalue weighted by molar-refractivity contribution is 6.01. The molecular weight excluding hydrogens is 491 g/mol. The Morgan fingerprint density at radius 3 is 2.42 bits per heavy atom. The molecule has 0 spiro atoms. The van der Waals surface area contributed by atoms with Crippen molar-refractivity contribution in [2.75, 3.05) is 11.5 Å². The summed E-state index contributed by atoms with van der Waals surface area (Å²) in [6.07, 6.45) is 1.45. The van der Waals surface area contributed by atoms with Crippen LogP contribution in [0.2, 0.25) is 0 Å². The normalized spacial score (nSPS) is 12.1. The van der Waals surface area contributed by atoms with Crippen molar-refractivity contribution in [3.05, 3.63) is 78.5 Å². The Hall–Kier alpha value is -4.54. The Morgan fingerprint density at radius 2 is 1.82 bits per heavy atom. The second-order valence-corrected chi connectivity index (χ2v) is 9.50.